The van der Waals surface area contributed by atoms with Gasteiger partial charge in [0.2, 0.25) is 5.91 Å². The van der Waals surface area contributed by atoms with E-state index in [4.69, 9.17) is 16.3 Å². The van der Waals surface area contributed by atoms with Crippen molar-refractivity contribution in [3.8, 4) is 0 Å². The van der Waals surface area contributed by atoms with Crippen molar-refractivity contribution in [2.45, 2.75) is 12.3 Å². The van der Waals surface area contributed by atoms with Gasteiger partial charge in [0, 0.05) is 12.3 Å². The summed E-state index contributed by atoms with van der Waals surface area (Å²) in [6, 6.07) is 9.20. The Labute approximate surface area is 94.4 Å². The van der Waals surface area contributed by atoms with E-state index in [9.17, 15) is 4.79 Å². The number of amides is 1. The number of anilines is 1. The molecule has 1 aromatic carbocycles. The number of carbonyl (C=O) groups is 1. The third-order valence-corrected chi connectivity index (χ3v) is 2.12. The molecule has 1 aromatic rings. The minimum absolute atomic E-state index is 0.233. The smallest absolute Gasteiger partial charge is 0.244 e. The van der Waals surface area contributed by atoms with Gasteiger partial charge in [-0.05, 0) is 19.1 Å². The molecule has 1 amide bonds. The van der Waals surface area contributed by atoms with E-state index in [-0.39, 0.29) is 12.5 Å². The zero-order valence-electron chi connectivity index (χ0n) is 8.57. The molecule has 1 rings (SSSR count). The molecule has 0 bridgehead atoms. The first-order valence-corrected chi connectivity index (χ1v) is 5.25. The maximum atomic E-state index is 11.5. The summed E-state index contributed by atoms with van der Waals surface area (Å²) < 4.78 is 5.06. The zero-order chi connectivity index (χ0) is 11.1. The molecule has 82 valence electrons. The van der Waals surface area contributed by atoms with E-state index in [2.05, 4.69) is 5.32 Å². The van der Waals surface area contributed by atoms with E-state index >= 15 is 0 Å². The van der Waals surface area contributed by atoms with Gasteiger partial charge in [0.15, 0.2) is 0 Å². The topological polar surface area (TPSA) is 38.3 Å². The Morgan fingerprint density at radius 2 is 2.13 bits per heavy atom. The van der Waals surface area contributed by atoms with E-state index in [1.807, 2.05) is 37.3 Å². The van der Waals surface area contributed by atoms with Crippen LogP contribution in [0, 0.1) is 0 Å². The summed E-state index contributed by atoms with van der Waals surface area (Å²) in [6.07, 6.45) is 0. The van der Waals surface area contributed by atoms with Gasteiger partial charge in [0.05, 0.1) is 6.61 Å². The Morgan fingerprint density at radius 1 is 1.47 bits per heavy atom. The van der Waals surface area contributed by atoms with Crippen molar-refractivity contribution in [3.63, 3.8) is 0 Å². The van der Waals surface area contributed by atoms with Gasteiger partial charge < -0.3 is 10.1 Å². The highest BCUT2D eigenvalue weighted by Crippen LogP contribution is 2.07. The average Bonchev–Trinajstić information content (AvgIpc) is 2.27. The van der Waals surface area contributed by atoms with E-state index in [1.165, 1.54) is 0 Å². The number of nitrogens with one attached hydrogen (secondary N) is 1. The molecule has 1 unspecified atom stereocenters. The summed E-state index contributed by atoms with van der Waals surface area (Å²) in [6.45, 7) is 2.65. The van der Waals surface area contributed by atoms with Crippen molar-refractivity contribution >= 4 is 23.2 Å². The molecule has 0 heterocycles. The van der Waals surface area contributed by atoms with Crippen LogP contribution in [0.15, 0.2) is 30.3 Å². The second-order valence-corrected chi connectivity index (χ2v) is 3.51. The lowest BCUT2D eigenvalue weighted by atomic mass is 10.3. The summed E-state index contributed by atoms with van der Waals surface area (Å²) in [7, 11) is 0. The molecule has 0 aliphatic rings. The number of hydrogen-bond donors (Lipinski definition) is 1. The van der Waals surface area contributed by atoms with Gasteiger partial charge in [-0.15, -0.1) is 11.6 Å². The van der Waals surface area contributed by atoms with Gasteiger partial charge in [0.25, 0.3) is 0 Å². The first kappa shape index (κ1) is 12.0. The molecule has 1 N–H and O–H groups in total. The molecular formula is C11H14ClNO2. The van der Waals surface area contributed by atoms with Crippen LogP contribution in [0.1, 0.15) is 6.92 Å². The number of hydrogen-bond acceptors (Lipinski definition) is 2. The summed E-state index contributed by atoms with van der Waals surface area (Å²) in [4.78, 5) is 11.5. The van der Waals surface area contributed by atoms with Gasteiger partial charge in [-0.2, -0.15) is 0 Å². The minimum atomic E-state index is -0.648. The van der Waals surface area contributed by atoms with Crippen LogP contribution in [0.5, 0.6) is 0 Å². The number of para-hydroxylation sites is 1. The lowest BCUT2D eigenvalue weighted by Crippen LogP contribution is -2.27. The fourth-order valence-corrected chi connectivity index (χ4v) is 1.18. The Balaban J connectivity index is 2.42. The predicted octanol–water partition coefficient (Wildman–Crippen LogP) is 2.27. The Kier molecular flexibility index (Phi) is 5.15. The molecule has 1 atom stereocenters. The number of benzene rings is 1. The molecule has 0 fully saturated rings. The molecule has 0 aliphatic carbocycles. The van der Waals surface area contributed by atoms with E-state index in [0.29, 0.717) is 6.61 Å². The summed E-state index contributed by atoms with van der Waals surface area (Å²) in [5.74, 6) is -0.240. The summed E-state index contributed by atoms with van der Waals surface area (Å²) >= 11 is 5.82. The third-order valence-electron chi connectivity index (χ3n) is 1.79. The van der Waals surface area contributed by atoms with E-state index < -0.39 is 5.38 Å². The zero-order valence-corrected chi connectivity index (χ0v) is 9.33. The maximum absolute atomic E-state index is 11.5. The predicted molar refractivity (Wildman–Crippen MR) is 61.2 cm³/mol. The molecule has 0 saturated carbocycles. The average molecular weight is 228 g/mol. The molecule has 0 aromatic heterocycles. The van der Waals surface area contributed by atoms with Gasteiger partial charge in [0.1, 0.15) is 5.38 Å². The number of ether oxygens (including phenoxy) is 1. The molecule has 4 heteroatoms. The van der Waals surface area contributed by atoms with Gasteiger partial charge in [-0.25, -0.2) is 0 Å². The highest BCUT2D eigenvalue weighted by molar-refractivity contribution is 6.32. The lowest BCUT2D eigenvalue weighted by molar-refractivity contribution is -0.116. The van der Waals surface area contributed by atoms with Crippen molar-refractivity contribution in [2.24, 2.45) is 0 Å². The van der Waals surface area contributed by atoms with Crippen LogP contribution in [0.2, 0.25) is 0 Å². The molecule has 0 radical (unpaired) electrons. The fraction of sp³-hybridized carbons (Fsp3) is 0.364. The van der Waals surface area contributed by atoms with Crippen molar-refractivity contribution in [3.05, 3.63) is 30.3 Å². The van der Waals surface area contributed by atoms with Crippen LogP contribution in [-0.2, 0) is 9.53 Å². The summed E-state index contributed by atoms with van der Waals surface area (Å²) in [5.41, 5.74) is 0.740. The van der Waals surface area contributed by atoms with Crippen molar-refractivity contribution in [1.82, 2.24) is 0 Å². The molecule has 0 saturated heterocycles. The lowest BCUT2D eigenvalue weighted by Gasteiger charge is -2.10. The molecule has 0 spiro atoms. The minimum Gasteiger partial charge on any atom is -0.380 e. The van der Waals surface area contributed by atoms with Gasteiger partial charge >= 0.3 is 0 Å². The van der Waals surface area contributed by atoms with E-state index in [0.717, 1.165) is 5.69 Å². The Morgan fingerprint density at radius 3 is 2.73 bits per heavy atom. The quantitative estimate of drug-likeness (QED) is 0.784. The van der Waals surface area contributed by atoms with Crippen LogP contribution in [0.3, 0.4) is 0 Å². The van der Waals surface area contributed by atoms with Gasteiger partial charge in [-0.3, -0.25) is 4.79 Å². The van der Waals surface area contributed by atoms with Crippen molar-refractivity contribution in [2.75, 3.05) is 18.5 Å². The molecule has 0 aliphatic heterocycles. The Bertz CT molecular complexity index is 303. The third kappa shape index (κ3) is 4.32. The highest BCUT2D eigenvalue weighted by atomic mass is 35.5. The number of alkyl halides is 1. The van der Waals surface area contributed by atoms with Crippen LogP contribution in [-0.4, -0.2) is 24.5 Å². The molecular weight excluding hydrogens is 214 g/mol. The van der Waals surface area contributed by atoms with Crippen molar-refractivity contribution in [1.29, 1.82) is 0 Å². The number of rotatable bonds is 5. The molecule has 15 heavy (non-hydrogen) atoms. The van der Waals surface area contributed by atoms with Crippen LogP contribution in [0.25, 0.3) is 0 Å². The SMILES string of the molecule is CCOCC(Cl)C(=O)Nc1ccccc1. The fourth-order valence-electron chi connectivity index (χ4n) is 1.04. The normalized spacial score (nSPS) is 12.1. The number of carbonyl (C=O) groups excluding carboxylic acids is 1. The Hall–Kier alpha value is -1.06. The highest BCUT2D eigenvalue weighted by Gasteiger charge is 2.14. The maximum Gasteiger partial charge on any atom is 0.244 e. The standard InChI is InChI=1S/C11H14ClNO2/c1-2-15-8-10(12)11(14)13-9-6-4-3-5-7-9/h3-7,10H,2,8H2,1H3,(H,13,14). The second kappa shape index (κ2) is 6.43. The van der Waals surface area contributed by atoms with Crippen molar-refractivity contribution < 1.29 is 9.53 Å². The van der Waals surface area contributed by atoms with Gasteiger partial charge in [-0.1, -0.05) is 18.2 Å². The number of halogens is 1. The van der Waals surface area contributed by atoms with Crippen LogP contribution in [0.4, 0.5) is 5.69 Å². The summed E-state index contributed by atoms with van der Waals surface area (Å²) in [5, 5.41) is 2.05. The van der Waals surface area contributed by atoms with Crippen LogP contribution >= 0.6 is 11.6 Å². The van der Waals surface area contributed by atoms with E-state index in [1.54, 1.807) is 0 Å². The first-order valence-electron chi connectivity index (χ1n) is 4.81. The molecule has 3 nitrogen and oxygen atoms in total. The largest absolute Gasteiger partial charge is 0.380 e. The first-order chi connectivity index (χ1) is 7.24. The second-order valence-electron chi connectivity index (χ2n) is 2.98. The monoisotopic (exact) mass is 227 g/mol. The van der Waals surface area contributed by atoms with Crippen LogP contribution < -0.4 is 5.32 Å².